The van der Waals surface area contributed by atoms with E-state index in [9.17, 15) is 24.2 Å². The van der Waals surface area contributed by atoms with Gasteiger partial charge in [-0.1, -0.05) is 184 Å². The third-order valence-electron chi connectivity index (χ3n) is 10.5. The molecule has 0 aliphatic carbocycles. The summed E-state index contributed by atoms with van der Waals surface area (Å²) in [5.41, 5.74) is 0. The van der Waals surface area contributed by atoms with Crippen molar-refractivity contribution in [3.05, 3.63) is 48.6 Å². The largest absolute Gasteiger partial charge is 0.472 e. The number of hydrogen-bond acceptors (Lipinski definition) is 7. The molecule has 10 heteroatoms. The first-order valence-electron chi connectivity index (χ1n) is 24.6. The van der Waals surface area contributed by atoms with Gasteiger partial charge >= 0.3 is 13.8 Å². The number of unbranched alkanes of at least 4 members (excludes halogenated alkanes) is 25. The molecule has 2 unspecified atom stereocenters. The van der Waals surface area contributed by atoms with Crippen molar-refractivity contribution in [2.24, 2.45) is 0 Å². The SMILES string of the molecule is CCCCC/C=C\C/C=C\C/C=C\CCCCCCCCCCCCC(=O)OCC(O)COP(=O)(O)OCCNC(=O)CCCCCCC/C=C\CCCCCCCCC. The zero-order valence-corrected chi connectivity index (χ0v) is 39.5. The lowest BCUT2D eigenvalue weighted by atomic mass is 10.1. The average Bonchev–Trinajstić information content (AvgIpc) is 3.23. The van der Waals surface area contributed by atoms with Crippen molar-refractivity contribution < 1.29 is 37.9 Å². The minimum atomic E-state index is -4.42. The van der Waals surface area contributed by atoms with E-state index in [1.54, 1.807) is 0 Å². The first-order chi connectivity index (χ1) is 29.3. The Morgan fingerprint density at radius 3 is 1.40 bits per heavy atom. The Morgan fingerprint density at radius 1 is 0.517 bits per heavy atom. The number of nitrogens with one attached hydrogen (secondary N) is 1. The molecule has 1 amide bonds. The molecule has 3 N–H and O–H groups in total. The number of phosphoric acid groups is 1. The van der Waals surface area contributed by atoms with Crippen molar-refractivity contribution in [1.82, 2.24) is 5.32 Å². The van der Waals surface area contributed by atoms with Crippen LogP contribution in [0.15, 0.2) is 48.6 Å². The Kier molecular flexibility index (Phi) is 44.9. The van der Waals surface area contributed by atoms with E-state index < -0.39 is 26.5 Å². The number of amides is 1. The van der Waals surface area contributed by atoms with Crippen LogP contribution in [0, 0.1) is 0 Å². The molecule has 2 atom stereocenters. The molecule has 0 heterocycles. The van der Waals surface area contributed by atoms with Crippen molar-refractivity contribution >= 4 is 19.7 Å². The van der Waals surface area contributed by atoms with E-state index in [4.69, 9.17) is 13.8 Å². The number of carbonyl (C=O) groups is 2. The Morgan fingerprint density at radius 2 is 0.900 bits per heavy atom. The van der Waals surface area contributed by atoms with Crippen LogP contribution < -0.4 is 5.32 Å². The number of hydrogen-bond donors (Lipinski definition) is 3. The molecule has 0 bridgehead atoms. The summed E-state index contributed by atoms with van der Waals surface area (Å²) in [6.45, 7) is 3.53. The fourth-order valence-electron chi connectivity index (χ4n) is 6.74. The van der Waals surface area contributed by atoms with Gasteiger partial charge in [-0.2, -0.15) is 0 Å². The summed E-state index contributed by atoms with van der Waals surface area (Å²) in [7, 11) is -4.42. The molecular formula is C50H92NO8P. The van der Waals surface area contributed by atoms with E-state index >= 15 is 0 Å². The Bertz CT molecular complexity index is 1120. The topological polar surface area (TPSA) is 131 Å². The molecule has 0 radical (unpaired) electrons. The number of allylic oxidation sites excluding steroid dienone is 8. The molecule has 0 saturated heterocycles. The summed E-state index contributed by atoms with van der Waals surface area (Å²) in [6.07, 6.45) is 54.7. The molecule has 0 aromatic heterocycles. The minimum absolute atomic E-state index is 0.0767. The smallest absolute Gasteiger partial charge is 0.463 e. The van der Waals surface area contributed by atoms with Gasteiger partial charge in [0.1, 0.15) is 12.7 Å². The van der Waals surface area contributed by atoms with Gasteiger partial charge in [-0.05, 0) is 77.0 Å². The number of aliphatic hydroxyl groups is 1. The van der Waals surface area contributed by atoms with Gasteiger partial charge in [-0.3, -0.25) is 18.6 Å². The Hall–Kier alpha value is -2.03. The first-order valence-corrected chi connectivity index (χ1v) is 26.1. The molecule has 350 valence electrons. The van der Waals surface area contributed by atoms with Crippen molar-refractivity contribution in [2.75, 3.05) is 26.4 Å². The molecule has 0 rings (SSSR count). The minimum Gasteiger partial charge on any atom is -0.463 e. The van der Waals surface area contributed by atoms with Crippen molar-refractivity contribution in [2.45, 2.75) is 232 Å². The summed E-state index contributed by atoms with van der Waals surface area (Å²) in [4.78, 5) is 34.0. The monoisotopic (exact) mass is 866 g/mol. The average molecular weight is 866 g/mol. The van der Waals surface area contributed by atoms with Crippen LogP contribution in [0.25, 0.3) is 0 Å². The van der Waals surface area contributed by atoms with Crippen molar-refractivity contribution in [3.8, 4) is 0 Å². The lowest BCUT2D eigenvalue weighted by Crippen LogP contribution is -2.27. The highest BCUT2D eigenvalue weighted by Gasteiger charge is 2.23. The second kappa shape index (κ2) is 46.5. The van der Waals surface area contributed by atoms with Crippen molar-refractivity contribution in [1.29, 1.82) is 0 Å². The van der Waals surface area contributed by atoms with Gasteiger partial charge in [-0.25, -0.2) is 4.57 Å². The van der Waals surface area contributed by atoms with Gasteiger partial charge in [-0.15, -0.1) is 0 Å². The number of aliphatic hydroxyl groups excluding tert-OH is 1. The molecule has 0 aliphatic heterocycles. The van der Waals surface area contributed by atoms with E-state index in [2.05, 4.69) is 67.8 Å². The fraction of sp³-hybridized carbons (Fsp3) is 0.800. The Balaban J connectivity index is 3.58. The van der Waals surface area contributed by atoms with Crippen LogP contribution in [0.2, 0.25) is 0 Å². The number of carbonyl (C=O) groups excluding carboxylic acids is 2. The molecule has 0 saturated carbocycles. The highest BCUT2D eigenvalue weighted by molar-refractivity contribution is 7.47. The van der Waals surface area contributed by atoms with Gasteiger partial charge in [0, 0.05) is 19.4 Å². The predicted molar refractivity (Wildman–Crippen MR) is 252 cm³/mol. The maximum absolute atomic E-state index is 12.1. The fourth-order valence-corrected chi connectivity index (χ4v) is 7.49. The van der Waals surface area contributed by atoms with Gasteiger partial charge in [0.05, 0.1) is 13.2 Å². The third kappa shape index (κ3) is 47.0. The number of phosphoric ester groups is 1. The quantitative estimate of drug-likeness (QED) is 0.0239. The maximum atomic E-state index is 12.1. The number of esters is 1. The van der Waals surface area contributed by atoms with Crippen LogP contribution in [-0.4, -0.2) is 54.3 Å². The predicted octanol–water partition coefficient (Wildman–Crippen LogP) is 14.3. The van der Waals surface area contributed by atoms with E-state index in [0.717, 1.165) is 64.2 Å². The van der Waals surface area contributed by atoms with E-state index in [-0.39, 0.29) is 32.1 Å². The number of ether oxygens (including phenoxy) is 1. The van der Waals surface area contributed by atoms with Crippen LogP contribution >= 0.6 is 7.82 Å². The van der Waals surface area contributed by atoms with E-state index in [1.165, 1.54) is 135 Å². The molecule has 60 heavy (non-hydrogen) atoms. The standard InChI is InChI=1S/C50H92NO8P/c1-3-5-7-9-11-13-15-17-19-21-22-23-24-25-26-27-29-31-33-35-37-39-41-43-50(54)57-46-48(52)47-59-60(55,56)58-45-44-51-49(53)42-40-38-36-34-32-30-28-20-18-16-14-12-10-8-6-4-2/h11,13,17,19-20,22-23,28,48,52H,3-10,12,14-16,18,21,24-27,29-47H2,1-2H3,(H,51,53)(H,55,56)/b13-11-,19-17-,23-22-,28-20-. The summed E-state index contributed by atoms with van der Waals surface area (Å²) < 4.78 is 27.0. The zero-order valence-electron chi connectivity index (χ0n) is 38.7. The summed E-state index contributed by atoms with van der Waals surface area (Å²) in [5, 5.41) is 12.7. The van der Waals surface area contributed by atoms with Gasteiger partial charge < -0.3 is 20.1 Å². The van der Waals surface area contributed by atoms with Crippen LogP contribution in [0.4, 0.5) is 0 Å². The second-order valence-corrected chi connectivity index (χ2v) is 17.9. The maximum Gasteiger partial charge on any atom is 0.472 e. The van der Waals surface area contributed by atoms with Crippen molar-refractivity contribution in [3.63, 3.8) is 0 Å². The lowest BCUT2D eigenvalue weighted by molar-refractivity contribution is -0.147. The number of rotatable bonds is 46. The van der Waals surface area contributed by atoms with Gasteiger partial charge in [0.15, 0.2) is 0 Å². The van der Waals surface area contributed by atoms with Crippen LogP contribution in [-0.2, 0) is 27.9 Å². The summed E-state index contributed by atoms with van der Waals surface area (Å²) >= 11 is 0. The highest BCUT2D eigenvalue weighted by atomic mass is 31.2. The molecule has 0 spiro atoms. The van der Waals surface area contributed by atoms with Gasteiger partial charge in [0.2, 0.25) is 5.91 Å². The normalized spacial score (nSPS) is 13.6. The highest BCUT2D eigenvalue weighted by Crippen LogP contribution is 2.42. The second-order valence-electron chi connectivity index (χ2n) is 16.4. The molecule has 0 aromatic carbocycles. The van der Waals surface area contributed by atoms with Crippen LogP contribution in [0.3, 0.4) is 0 Å². The molecule has 0 aromatic rings. The van der Waals surface area contributed by atoms with E-state index in [1.807, 2.05) is 0 Å². The molecular weight excluding hydrogens is 774 g/mol. The van der Waals surface area contributed by atoms with Crippen LogP contribution in [0.5, 0.6) is 0 Å². The summed E-state index contributed by atoms with van der Waals surface area (Å²) in [5.74, 6) is -0.526. The van der Waals surface area contributed by atoms with E-state index in [0.29, 0.717) is 6.42 Å². The third-order valence-corrected chi connectivity index (χ3v) is 11.5. The van der Waals surface area contributed by atoms with Crippen LogP contribution in [0.1, 0.15) is 226 Å². The summed E-state index contributed by atoms with van der Waals surface area (Å²) in [6, 6.07) is 0. The lowest BCUT2D eigenvalue weighted by Gasteiger charge is -2.15. The molecule has 0 aliphatic rings. The van der Waals surface area contributed by atoms with Gasteiger partial charge in [0.25, 0.3) is 0 Å². The molecule has 0 fully saturated rings. The first kappa shape index (κ1) is 58.0. The zero-order chi connectivity index (χ0) is 43.9. The Labute approximate surface area is 368 Å². The molecule has 9 nitrogen and oxygen atoms in total.